The molecule has 0 aromatic heterocycles. The summed E-state index contributed by atoms with van der Waals surface area (Å²) in [5.74, 6) is -2.16. The zero-order chi connectivity index (χ0) is 18.0. The number of hydrogen-bond acceptors (Lipinski definition) is 6. The Labute approximate surface area is 156 Å². The molecular weight excluding hydrogens is 451 g/mol. The van der Waals surface area contributed by atoms with Gasteiger partial charge >= 0.3 is 11.9 Å². The number of rotatable bonds is 6. The normalized spacial score (nSPS) is 24.0. The van der Waals surface area contributed by atoms with Crippen LogP contribution in [-0.2, 0) is 23.9 Å². The second-order valence-corrected chi connectivity index (χ2v) is 7.14. The minimum Gasteiger partial charge on any atom is -0.477 e. The third-order valence-electron chi connectivity index (χ3n) is 3.71. The summed E-state index contributed by atoms with van der Waals surface area (Å²) in [4.78, 5) is 48.0. The van der Waals surface area contributed by atoms with Crippen LogP contribution in [0.1, 0.15) is 20.3 Å². The molecule has 2 N–H and O–H groups in total. The number of alkyl halides is 1. The lowest BCUT2D eigenvalue weighted by Crippen LogP contribution is -2.71. The summed E-state index contributed by atoms with van der Waals surface area (Å²) in [6.45, 7) is 3.03. The lowest BCUT2D eigenvalue weighted by Gasteiger charge is -2.50. The molecule has 2 amide bonds. The predicted molar refractivity (Wildman–Crippen MR) is 94.4 cm³/mol. The first kappa shape index (κ1) is 19.0. The number of carbonyl (C=O) groups excluding carboxylic acids is 3. The molecule has 0 spiro atoms. The molecular formula is C14H17IN2O6S. The number of carboxylic acids is 1. The van der Waals surface area contributed by atoms with Gasteiger partial charge in [-0.15, -0.1) is 11.8 Å². The van der Waals surface area contributed by atoms with Crippen molar-refractivity contribution in [1.82, 2.24) is 10.2 Å². The number of fused-ring (bicyclic) bond motifs is 1. The summed E-state index contributed by atoms with van der Waals surface area (Å²) in [6.07, 6.45) is -0.272. The third kappa shape index (κ3) is 3.53. The van der Waals surface area contributed by atoms with Crippen molar-refractivity contribution in [2.75, 3.05) is 10.2 Å². The van der Waals surface area contributed by atoms with E-state index in [-0.39, 0.29) is 16.0 Å². The van der Waals surface area contributed by atoms with Crippen molar-refractivity contribution in [2.45, 2.75) is 37.8 Å². The van der Waals surface area contributed by atoms with Crippen molar-refractivity contribution in [2.24, 2.45) is 0 Å². The lowest BCUT2D eigenvalue weighted by molar-refractivity contribution is -0.151. The van der Waals surface area contributed by atoms with Gasteiger partial charge in [0.15, 0.2) is 0 Å². The number of halogens is 1. The number of hydrogen-bond donors (Lipinski definition) is 2. The Hall–Kier alpha value is -1.30. The molecule has 0 bridgehead atoms. The molecule has 2 unspecified atom stereocenters. The van der Waals surface area contributed by atoms with Crippen molar-refractivity contribution in [3.05, 3.63) is 11.3 Å². The molecule has 0 aromatic carbocycles. The van der Waals surface area contributed by atoms with E-state index in [1.54, 1.807) is 6.92 Å². The molecule has 0 aliphatic carbocycles. The largest absolute Gasteiger partial charge is 0.477 e. The second kappa shape index (κ2) is 7.72. The molecule has 2 aliphatic rings. The van der Waals surface area contributed by atoms with E-state index in [2.05, 4.69) is 5.32 Å². The van der Waals surface area contributed by atoms with Gasteiger partial charge in [0, 0.05) is 18.2 Å². The Morgan fingerprint density at radius 2 is 2.17 bits per heavy atom. The van der Waals surface area contributed by atoms with Crippen molar-refractivity contribution in [1.29, 1.82) is 0 Å². The van der Waals surface area contributed by atoms with Gasteiger partial charge in [0.1, 0.15) is 23.2 Å². The van der Waals surface area contributed by atoms with Gasteiger partial charge in [-0.1, -0.05) is 29.5 Å². The summed E-state index contributed by atoms with van der Waals surface area (Å²) < 4.78 is 5.41. The van der Waals surface area contributed by atoms with Crippen LogP contribution in [0, 0.1) is 0 Å². The van der Waals surface area contributed by atoms with Crippen LogP contribution in [0.3, 0.4) is 0 Å². The van der Waals surface area contributed by atoms with Crippen LogP contribution < -0.4 is 5.32 Å². The smallest absolute Gasteiger partial charge is 0.352 e. The molecule has 0 radical (unpaired) electrons. The Morgan fingerprint density at radius 1 is 1.50 bits per heavy atom. The fourth-order valence-corrected chi connectivity index (χ4v) is 4.33. The van der Waals surface area contributed by atoms with E-state index < -0.39 is 35.4 Å². The van der Waals surface area contributed by atoms with E-state index in [1.165, 1.54) is 23.6 Å². The number of nitrogens with one attached hydrogen (secondary N) is 1. The highest BCUT2D eigenvalue weighted by atomic mass is 127. The topological polar surface area (TPSA) is 113 Å². The fourth-order valence-electron chi connectivity index (χ4n) is 2.70. The molecule has 10 heteroatoms. The standard InChI is InChI=1S/C14H17IN2O6S/c1-3-8(23-6(2)18)7-5-24-13-10(16-9(19)4-15)12(20)17(13)11(7)14(21)22/h8,10,13H,3-5H2,1-2H3,(H,16,19)(H,21,22)/t8?,10?,13-/m0/s1. The average Bonchev–Trinajstić information content (AvgIpc) is 2.55. The van der Waals surface area contributed by atoms with E-state index in [0.29, 0.717) is 17.7 Å². The number of β-lactam (4-membered cyclic amide) rings is 1. The van der Waals surface area contributed by atoms with Crippen molar-refractivity contribution < 1.29 is 29.0 Å². The van der Waals surface area contributed by atoms with Crippen LogP contribution in [0.15, 0.2) is 11.3 Å². The Morgan fingerprint density at radius 3 is 2.67 bits per heavy atom. The molecule has 8 nitrogen and oxygen atoms in total. The first-order valence-corrected chi connectivity index (χ1v) is 9.82. The fraction of sp³-hybridized carbons (Fsp3) is 0.571. The third-order valence-corrected chi connectivity index (χ3v) is 5.70. The highest BCUT2D eigenvalue weighted by molar-refractivity contribution is 14.1. The number of carboxylic acid groups (broad SMARTS) is 1. The number of amides is 2. The molecule has 2 aliphatic heterocycles. The highest BCUT2D eigenvalue weighted by Crippen LogP contribution is 2.41. The summed E-state index contributed by atoms with van der Waals surface area (Å²) in [5, 5.41) is 11.7. The number of nitrogens with zero attached hydrogens (tertiary/aromatic N) is 1. The lowest BCUT2D eigenvalue weighted by atomic mass is 9.99. The maximum Gasteiger partial charge on any atom is 0.352 e. The number of carbonyl (C=O) groups is 4. The first-order valence-electron chi connectivity index (χ1n) is 7.25. The van der Waals surface area contributed by atoms with Crippen molar-refractivity contribution in [3.63, 3.8) is 0 Å². The molecule has 0 saturated carbocycles. The molecule has 1 fully saturated rings. The van der Waals surface area contributed by atoms with Gasteiger partial charge in [0.2, 0.25) is 5.91 Å². The molecule has 1 saturated heterocycles. The van der Waals surface area contributed by atoms with E-state index in [0.717, 1.165) is 0 Å². The Balaban J connectivity index is 2.30. The number of ether oxygens (including phenoxy) is 1. The SMILES string of the molecule is CCC(OC(C)=O)C1=C(C(=O)O)N2C(=O)C(NC(=O)CI)[C@@H]2SC1. The van der Waals surface area contributed by atoms with E-state index in [4.69, 9.17) is 4.74 Å². The zero-order valence-corrected chi connectivity index (χ0v) is 16.0. The van der Waals surface area contributed by atoms with Crippen LogP contribution in [0.5, 0.6) is 0 Å². The maximum atomic E-state index is 12.3. The van der Waals surface area contributed by atoms with Crippen LogP contribution in [0.2, 0.25) is 0 Å². The van der Waals surface area contributed by atoms with Gasteiger partial charge in [-0.2, -0.15) is 0 Å². The summed E-state index contributed by atoms with van der Waals surface area (Å²) in [6, 6.07) is -0.720. The molecule has 2 heterocycles. The molecule has 2 rings (SSSR count). The van der Waals surface area contributed by atoms with Gasteiger partial charge in [-0.05, 0) is 6.42 Å². The summed E-state index contributed by atoms with van der Waals surface area (Å²) >= 11 is 3.24. The van der Waals surface area contributed by atoms with Gasteiger partial charge < -0.3 is 15.2 Å². The van der Waals surface area contributed by atoms with Gasteiger partial charge in [-0.25, -0.2) is 4.79 Å². The van der Waals surface area contributed by atoms with E-state index in [9.17, 15) is 24.3 Å². The Kier molecular flexibility index (Phi) is 6.12. The maximum absolute atomic E-state index is 12.3. The molecule has 24 heavy (non-hydrogen) atoms. The van der Waals surface area contributed by atoms with Crippen molar-refractivity contribution in [3.8, 4) is 0 Å². The average molecular weight is 468 g/mol. The molecule has 3 atom stereocenters. The first-order chi connectivity index (χ1) is 11.3. The van der Waals surface area contributed by atoms with Crippen molar-refractivity contribution >= 4 is 58.1 Å². The highest BCUT2D eigenvalue weighted by Gasteiger charge is 2.54. The molecule has 132 valence electrons. The van der Waals surface area contributed by atoms with Crippen LogP contribution in [0.4, 0.5) is 0 Å². The minimum absolute atomic E-state index is 0.142. The van der Waals surface area contributed by atoms with Gasteiger partial charge in [0.05, 0.1) is 4.43 Å². The van der Waals surface area contributed by atoms with Crippen LogP contribution in [-0.4, -0.2) is 61.5 Å². The zero-order valence-electron chi connectivity index (χ0n) is 13.1. The number of thioether (sulfide) groups is 1. The van der Waals surface area contributed by atoms with E-state index in [1.807, 2.05) is 22.6 Å². The monoisotopic (exact) mass is 468 g/mol. The number of esters is 1. The van der Waals surface area contributed by atoms with Gasteiger partial charge in [0.25, 0.3) is 5.91 Å². The quantitative estimate of drug-likeness (QED) is 0.253. The molecule has 0 aromatic rings. The second-order valence-electron chi connectivity index (χ2n) is 5.27. The van der Waals surface area contributed by atoms with E-state index >= 15 is 0 Å². The number of aliphatic carboxylic acids is 1. The Bertz CT molecular complexity index is 622. The van der Waals surface area contributed by atoms with Crippen LogP contribution >= 0.6 is 34.4 Å². The van der Waals surface area contributed by atoms with Gasteiger partial charge in [-0.3, -0.25) is 19.3 Å². The summed E-state index contributed by atoms with van der Waals surface area (Å²) in [7, 11) is 0. The summed E-state index contributed by atoms with van der Waals surface area (Å²) in [5.41, 5.74) is 0.269. The van der Waals surface area contributed by atoms with Crippen LogP contribution in [0.25, 0.3) is 0 Å². The minimum atomic E-state index is -1.24. The predicted octanol–water partition coefficient (Wildman–Crippen LogP) is 0.502.